The first kappa shape index (κ1) is 14.7. The van der Waals surface area contributed by atoms with Gasteiger partial charge in [-0.1, -0.05) is 13.3 Å². The molecule has 15 heavy (non-hydrogen) atoms. The highest BCUT2D eigenvalue weighted by molar-refractivity contribution is 6.19. The summed E-state index contributed by atoms with van der Waals surface area (Å²) < 4.78 is 5.06. The lowest BCUT2D eigenvalue weighted by atomic mass is 9.94. The van der Waals surface area contributed by atoms with E-state index in [0.717, 1.165) is 12.8 Å². The maximum atomic E-state index is 11.8. The van der Waals surface area contributed by atoms with Crippen LogP contribution in [0.4, 0.5) is 0 Å². The summed E-state index contributed by atoms with van der Waals surface area (Å²) in [6.45, 7) is 6.32. The summed E-state index contributed by atoms with van der Waals surface area (Å²) in [5.74, 6) is 0.318. The van der Waals surface area contributed by atoms with Crippen molar-refractivity contribution in [2.24, 2.45) is 5.41 Å². The van der Waals surface area contributed by atoms with Crippen LogP contribution in [0, 0.1) is 5.41 Å². The summed E-state index contributed by atoms with van der Waals surface area (Å²) in [6, 6.07) is 0.0926. The summed E-state index contributed by atoms with van der Waals surface area (Å²) in [7, 11) is 1.64. The Morgan fingerprint density at radius 1 is 1.53 bits per heavy atom. The molecule has 0 aliphatic carbocycles. The Bertz CT molecular complexity index is 189. The van der Waals surface area contributed by atoms with Crippen molar-refractivity contribution < 1.29 is 9.53 Å². The molecule has 0 bridgehead atoms. The third-order valence-electron chi connectivity index (χ3n) is 2.29. The first-order valence-corrected chi connectivity index (χ1v) is 5.87. The number of carbonyl (C=O) groups excluding carboxylic acids is 1. The van der Waals surface area contributed by atoms with E-state index >= 15 is 0 Å². The second kappa shape index (κ2) is 7.07. The average molecular weight is 236 g/mol. The Labute approximate surface area is 97.5 Å². The molecule has 1 N–H and O–H groups in total. The molecule has 0 aromatic carbocycles. The van der Waals surface area contributed by atoms with Gasteiger partial charge in [0.25, 0.3) is 0 Å². The largest absolute Gasteiger partial charge is 0.383 e. The van der Waals surface area contributed by atoms with Gasteiger partial charge in [-0.2, -0.15) is 0 Å². The van der Waals surface area contributed by atoms with Gasteiger partial charge in [0.05, 0.1) is 18.1 Å². The number of halogens is 1. The molecule has 0 fully saturated rings. The summed E-state index contributed by atoms with van der Waals surface area (Å²) in [5.41, 5.74) is -0.513. The van der Waals surface area contributed by atoms with E-state index in [9.17, 15) is 4.79 Å². The van der Waals surface area contributed by atoms with E-state index in [0.29, 0.717) is 12.5 Å². The van der Waals surface area contributed by atoms with Gasteiger partial charge in [-0.25, -0.2) is 0 Å². The van der Waals surface area contributed by atoms with Crippen molar-refractivity contribution in [3.8, 4) is 0 Å². The van der Waals surface area contributed by atoms with Crippen molar-refractivity contribution in [3.63, 3.8) is 0 Å². The van der Waals surface area contributed by atoms with Crippen LogP contribution in [-0.2, 0) is 9.53 Å². The van der Waals surface area contributed by atoms with E-state index in [-0.39, 0.29) is 11.9 Å². The first-order valence-electron chi connectivity index (χ1n) is 5.33. The molecule has 0 spiro atoms. The molecule has 3 nitrogen and oxygen atoms in total. The third-order valence-corrected chi connectivity index (χ3v) is 2.96. The van der Waals surface area contributed by atoms with Crippen LogP contribution in [-0.4, -0.2) is 31.5 Å². The molecular formula is C11H22ClNO2. The molecule has 0 saturated carbocycles. The van der Waals surface area contributed by atoms with E-state index in [1.54, 1.807) is 7.11 Å². The van der Waals surface area contributed by atoms with Gasteiger partial charge in [0.1, 0.15) is 0 Å². The van der Waals surface area contributed by atoms with Crippen LogP contribution in [0.25, 0.3) is 0 Å². The Kier molecular flexibility index (Phi) is 6.94. The Morgan fingerprint density at radius 2 is 2.13 bits per heavy atom. The normalized spacial score (nSPS) is 13.7. The third kappa shape index (κ3) is 5.38. The monoisotopic (exact) mass is 235 g/mol. The predicted molar refractivity (Wildman–Crippen MR) is 63.2 cm³/mol. The highest BCUT2D eigenvalue weighted by Gasteiger charge is 2.27. The Hall–Kier alpha value is -0.280. The number of rotatable bonds is 7. The first-order chi connectivity index (χ1) is 6.97. The second-order valence-corrected chi connectivity index (χ2v) is 4.70. The van der Waals surface area contributed by atoms with Crippen LogP contribution in [0.5, 0.6) is 0 Å². The number of hydrogen-bond donors (Lipinski definition) is 1. The molecule has 4 heteroatoms. The van der Waals surface area contributed by atoms with Crippen molar-refractivity contribution in [1.82, 2.24) is 5.32 Å². The fourth-order valence-electron chi connectivity index (χ4n) is 1.19. The maximum absolute atomic E-state index is 11.8. The van der Waals surface area contributed by atoms with Gasteiger partial charge in [-0.15, -0.1) is 11.6 Å². The zero-order valence-corrected chi connectivity index (χ0v) is 10.9. The lowest BCUT2D eigenvalue weighted by Crippen LogP contribution is -2.45. The molecule has 0 radical (unpaired) electrons. The van der Waals surface area contributed by atoms with Gasteiger partial charge in [0.15, 0.2) is 0 Å². The minimum Gasteiger partial charge on any atom is -0.383 e. The van der Waals surface area contributed by atoms with Gasteiger partial charge in [0.2, 0.25) is 5.91 Å². The van der Waals surface area contributed by atoms with Gasteiger partial charge in [0, 0.05) is 13.0 Å². The van der Waals surface area contributed by atoms with E-state index in [4.69, 9.17) is 16.3 Å². The number of nitrogens with one attached hydrogen (secondary N) is 1. The molecule has 0 aromatic heterocycles. The molecule has 1 unspecified atom stereocenters. The zero-order chi connectivity index (χ0) is 11.9. The smallest absolute Gasteiger partial charge is 0.227 e. The maximum Gasteiger partial charge on any atom is 0.227 e. The summed E-state index contributed by atoms with van der Waals surface area (Å²) in [5, 5.41) is 2.96. The fourth-order valence-corrected chi connectivity index (χ4v) is 1.31. The van der Waals surface area contributed by atoms with Crippen LogP contribution in [0.2, 0.25) is 0 Å². The SMILES string of the molecule is CCCC(COC)NC(=O)C(C)(C)CCl. The van der Waals surface area contributed by atoms with E-state index in [2.05, 4.69) is 12.2 Å². The van der Waals surface area contributed by atoms with E-state index in [1.807, 2.05) is 13.8 Å². The molecule has 0 aliphatic rings. The summed E-state index contributed by atoms with van der Waals surface area (Å²) in [4.78, 5) is 11.8. The average Bonchev–Trinajstić information content (AvgIpc) is 2.18. The number of amides is 1. The van der Waals surface area contributed by atoms with Crippen molar-refractivity contribution in [2.45, 2.75) is 39.7 Å². The number of hydrogen-bond acceptors (Lipinski definition) is 2. The van der Waals surface area contributed by atoms with Gasteiger partial charge >= 0.3 is 0 Å². The molecular weight excluding hydrogens is 214 g/mol. The minimum atomic E-state index is -0.513. The van der Waals surface area contributed by atoms with Crippen molar-refractivity contribution in [3.05, 3.63) is 0 Å². The molecule has 0 saturated heterocycles. The molecule has 1 atom stereocenters. The number of ether oxygens (including phenoxy) is 1. The minimum absolute atomic E-state index is 0.00648. The number of methoxy groups -OCH3 is 1. The van der Waals surface area contributed by atoms with E-state index < -0.39 is 5.41 Å². The van der Waals surface area contributed by atoms with Crippen LogP contribution < -0.4 is 5.32 Å². The van der Waals surface area contributed by atoms with Crippen LogP contribution >= 0.6 is 11.6 Å². The standard InChI is InChI=1S/C11H22ClNO2/c1-5-6-9(7-15-4)13-10(14)11(2,3)8-12/h9H,5-8H2,1-4H3,(H,13,14). The number of alkyl halides is 1. The molecule has 1 amide bonds. The quantitative estimate of drug-likeness (QED) is 0.687. The predicted octanol–water partition coefficient (Wildman–Crippen LogP) is 2.18. The molecule has 0 aromatic rings. The van der Waals surface area contributed by atoms with E-state index in [1.165, 1.54) is 0 Å². The second-order valence-electron chi connectivity index (χ2n) is 4.43. The lowest BCUT2D eigenvalue weighted by Gasteiger charge is -2.25. The van der Waals surface area contributed by atoms with Crippen molar-refractivity contribution in [2.75, 3.05) is 19.6 Å². The summed E-state index contributed by atoms with van der Waals surface area (Å²) in [6.07, 6.45) is 1.95. The van der Waals surface area contributed by atoms with Crippen molar-refractivity contribution in [1.29, 1.82) is 0 Å². The van der Waals surface area contributed by atoms with Crippen molar-refractivity contribution >= 4 is 17.5 Å². The molecule has 90 valence electrons. The molecule has 0 heterocycles. The van der Waals surface area contributed by atoms with Crippen LogP contribution in [0.3, 0.4) is 0 Å². The topological polar surface area (TPSA) is 38.3 Å². The Balaban J connectivity index is 4.21. The highest BCUT2D eigenvalue weighted by Crippen LogP contribution is 2.17. The zero-order valence-electron chi connectivity index (χ0n) is 10.1. The summed E-state index contributed by atoms with van der Waals surface area (Å²) >= 11 is 5.73. The Morgan fingerprint density at radius 3 is 2.53 bits per heavy atom. The lowest BCUT2D eigenvalue weighted by molar-refractivity contribution is -0.129. The fraction of sp³-hybridized carbons (Fsp3) is 0.909. The van der Waals surface area contributed by atoms with Gasteiger partial charge in [-0.3, -0.25) is 4.79 Å². The molecule has 0 rings (SSSR count). The molecule has 0 aliphatic heterocycles. The number of carbonyl (C=O) groups is 1. The van der Waals surface area contributed by atoms with Gasteiger partial charge < -0.3 is 10.1 Å². The van der Waals surface area contributed by atoms with Gasteiger partial charge in [-0.05, 0) is 20.3 Å². The van der Waals surface area contributed by atoms with Crippen LogP contribution in [0.15, 0.2) is 0 Å². The highest BCUT2D eigenvalue weighted by atomic mass is 35.5. The van der Waals surface area contributed by atoms with Crippen LogP contribution in [0.1, 0.15) is 33.6 Å².